The second kappa shape index (κ2) is 13.1. The maximum absolute atomic E-state index is 15.6. The van der Waals surface area contributed by atoms with Crippen LogP contribution in [-0.2, 0) is 15.9 Å². The molecule has 0 amide bonds. The number of methoxy groups -OCH3 is 1. The number of nitrogens with one attached hydrogen (secondary N) is 1. The Morgan fingerprint density at radius 1 is 1.16 bits per heavy atom. The van der Waals surface area contributed by atoms with E-state index < -0.39 is 24.4 Å². The van der Waals surface area contributed by atoms with Crippen molar-refractivity contribution in [2.75, 3.05) is 53.2 Å². The fourth-order valence-corrected chi connectivity index (χ4v) is 6.17. The van der Waals surface area contributed by atoms with Gasteiger partial charge < -0.3 is 29.0 Å². The highest BCUT2D eigenvalue weighted by atomic mass is 19.1. The summed E-state index contributed by atoms with van der Waals surface area (Å²) in [4.78, 5) is 7.51. The average molecular weight is 602 g/mol. The number of aromatic nitrogens is 1. The van der Waals surface area contributed by atoms with E-state index in [4.69, 9.17) is 18.9 Å². The SMILES string of the molecule is COc1c(OCCN(CCCF)C(O)OC(C)(C)C)cccc1[C@@H]1c2[nH]c3ccccc3c2C[C@@H](C)N1CC1(F)COC1. The molecule has 0 spiro atoms. The number of aromatic amines is 1. The minimum atomic E-state index is -1.41. The van der Waals surface area contributed by atoms with Crippen molar-refractivity contribution < 1.29 is 32.8 Å². The lowest BCUT2D eigenvalue weighted by atomic mass is 9.86. The van der Waals surface area contributed by atoms with E-state index in [9.17, 15) is 9.50 Å². The van der Waals surface area contributed by atoms with Crippen LogP contribution in [0.15, 0.2) is 42.5 Å². The molecule has 5 rings (SSSR count). The van der Waals surface area contributed by atoms with E-state index in [1.54, 1.807) is 12.0 Å². The lowest BCUT2D eigenvalue weighted by molar-refractivity contribution is -0.240. The molecule has 0 radical (unpaired) electrons. The molecule has 0 saturated carbocycles. The molecule has 0 aliphatic carbocycles. The van der Waals surface area contributed by atoms with Crippen LogP contribution in [0.25, 0.3) is 10.9 Å². The van der Waals surface area contributed by atoms with Crippen LogP contribution in [0.5, 0.6) is 11.5 Å². The zero-order chi connectivity index (χ0) is 30.8. The average Bonchev–Trinajstić information content (AvgIpc) is 3.31. The number of fused-ring (bicyclic) bond motifs is 3. The van der Waals surface area contributed by atoms with Gasteiger partial charge in [0.1, 0.15) is 6.61 Å². The van der Waals surface area contributed by atoms with Gasteiger partial charge >= 0.3 is 0 Å². The van der Waals surface area contributed by atoms with E-state index in [2.05, 4.69) is 28.9 Å². The molecule has 1 fully saturated rings. The highest BCUT2D eigenvalue weighted by Gasteiger charge is 2.46. The Morgan fingerprint density at radius 3 is 2.60 bits per heavy atom. The number of para-hydroxylation sites is 2. The molecule has 2 aliphatic rings. The van der Waals surface area contributed by atoms with Crippen LogP contribution in [0.4, 0.5) is 8.78 Å². The van der Waals surface area contributed by atoms with E-state index >= 15 is 4.39 Å². The predicted octanol–water partition coefficient (Wildman–Crippen LogP) is 5.38. The van der Waals surface area contributed by atoms with Gasteiger partial charge in [-0.25, -0.2) is 4.39 Å². The smallest absolute Gasteiger partial charge is 0.216 e. The van der Waals surface area contributed by atoms with Gasteiger partial charge in [0.25, 0.3) is 0 Å². The number of benzene rings is 2. The quantitative estimate of drug-likeness (QED) is 0.255. The first-order valence-electron chi connectivity index (χ1n) is 15.1. The van der Waals surface area contributed by atoms with Gasteiger partial charge in [0.05, 0.1) is 38.6 Å². The third-order valence-corrected chi connectivity index (χ3v) is 8.20. The maximum Gasteiger partial charge on any atom is 0.216 e. The van der Waals surface area contributed by atoms with Crippen LogP contribution >= 0.6 is 0 Å². The molecule has 2 aliphatic heterocycles. The fraction of sp³-hybridized carbons (Fsp3) is 0.576. The largest absolute Gasteiger partial charge is 0.492 e. The van der Waals surface area contributed by atoms with Crippen LogP contribution in [0, 0.1) is 0 Å². The molecule has 1 aromatic heterocycles. The number of aliphatic hydroxyl groups is 1. The molecule has 3 atom stereocenters. The number of alkyl halides is 2. The molecular weight excluding hydrogens is 556 g/mol. The number of hydrogen-bond donors (Lipinski definition) is 2. The van der Waals surface area contributed by atoms with Crippen molar-refractivity contribution in [1.29, 1.82) is 0 Å². The molecule has 8 nitrogen and oxygen atoms in total. The van der Waals surface area contributed by atoms with Gasteiger partial charge in [0.15, 0.2) is 17.2 Å². The van der Waals surface area contributed by atoms with E-state index in [1.165, 1.54) is 10.9 Å². The summed E-state index contributed by atoms with van der Waals surface area (Å²) < 4.78 is 51.8. The zero-order valence-corrected chi connectivity index (χ0v) is 25.9. The molecule has 1 unspecified atom stereocenters. The second-order valence-electron chi connectivity index (χ2n) is 12.7. The molecule has 10 heteroatoms. The van der Waals surface area contributed by atoms with Gasteiger partial charge in [-0.2, -0.15) is 0 Å². The molecule has 43 heavy (non-hydrogen) atoms. The molecule has 3 heterocycles. The lowest BCUT2D eigenvalue weighted by Gasteiger charge is -2.46. The van der Waals surface area contributed by atoms with Crippen LogP contribution in [0.1, 0.15) is 57.0 Å². The molecule has 2 N–H and O–H groups in total. The Bertz CT molecular complexity index is 1370. The van der Waals surface area contributed by atoms with Gasteiger partial charge in [-0.1, -0.05) is 30.3 Å². The number of hydrogen-bond acceptors (Lipinski definition) is 7. The van der Waals surface area contributed by atoms with E-state index in [-0.39, 0.29) is 44.9 Å². The highest BCUT2D eigenvalue weighted by molar-refractivity contribution is 5.85. The third kappa shape index (κ3) is 6.99. The molecule has 236 valence electrons. The van der Waals surface area contributed by atoms with Crippen molar-refractivity contribution >= 4 is 10.9 Å². The van der Waals surface area contributed by atoms with Crippen molar-refractivity contribution in [3.63, 3.8) is 0 Å². The normalized spacial score (nSPS) is 21.0. The Kier molecular flexibility index (Phi) is 9.63. The molecule has 3 aromatic rings. The van der Waals surface area contributed by atoms with Crippen LogP contribution in [-0.4, -0.2) is 96.9 Å². The Morgan fingerprint density at radius 2 is 1.93 bits per heavy atom. The second-order valence-corrected chi connectivity index (χ2v) is 12.7. The van der Waals surface area contributed by atoms with Crippen LogP contribution < -0.4 is 9.47 Å². The molecule has 2 aromatic carbocycles. The predicted molar refractivity (Wildman–Crippen MR) is 162 cm³/mol. The summed E-state index contributed by atoms with van der Waals surface area (Å²) in [6, 6.07) is 13.8. The van der Waals surface area contributed by atoms with Gasteiger partial charge in [-0.15, -0.1) is 0 Å². The first-order valence-corrected chi connectivity index (χ1v) is 15.1. The Hall–Kier alpha value is -2.76. The van der Waals surface area contributed by atoms with Crippen molar-refractivity contribution in [3.8, 4) is 11.5 Å². The first-order chi connectivity index (χ1) is 20.5. The fourth-order valence-electron chi connectivity index (χ4n) is 6.17. The van der Waals surface area contributed by atoms with Crippen molar-refractivity contribution in [2.24, 2.45) is 0 Å². The van der Waals surface area contributed by atoms with E-state index in [0.29, 0.717) is 24.6 Å². The molecule has 1 saturated heterocycles. The topological polar surface area (TPSA) is 79.4 Å². The summed E-state index contributed by atoms with van der Waals surface area (Å²) in [5, 5.41) is 11.8. The number of rotatable bonds is 13. The molecule has 0 bridgehead atoms. The molecular formula is C33H45F2N3O5. The van der Waals surface area contributed by atoms with Gasteiger partial charge in [0.2, 0.25) is 6.41 Å². The Labute approximate surface area is 252 Å². The number of halogens is 2. The lowest BCUT2D eigenvalue weighted by Crippen LogP contribution is -2.57. The van der Waals surface area contributed by atoms with Crippen molar-refractivity contribution in [3.05, 3.63) is 59.3 Å². The number of aliphatic hydroxyl groups excluding tert-OH is 1. The third-order valence-electron chi connectivity index (χ3n) is 8.20. The van der Waals surface area contributed by atoms with Crippen LogP contribution in [0.2, 0.25) is 0 Å². The summed E-state index contributed by atoms with van der Waals surface area (Å²) in [5.41, 5.74) is 2.19. The Balaban J connectivity index is 1.45. The standard InChI is InChI=1S/C33H45F2N3O5/c1-22-18-25-23-10-6-7-12-26(23)36-28(25)29(38(22)19-33(35)20-41-21-33)24-11-8-13-27(30(24)40-5)42-17-16-37(15-9-14-34)31(39)43-32(2,3)4/h6-8,10-13,22,29,31,36,39H,9,14-21H2,1-5H3/t22-,29-,31?/m1/s1. The minimum absolute atomic E-state index is 0.0626. The van der Waals surface area contributed by atoms with Crippen molar-refractivity contribution in [1.82, 2.24) is 14.8 Å². The van der Waals surface area contributed by atoms with E-state index in [1.807, 2.05) is 51.1 Å². The summed E-state index contributed by atoms with van der Waals surface area (Å²) in [5.74, 6) is 1.10. The maximum atomic E-state index is 15.6. The van der Waals surface area contributed by atoms with Gasteiger partial charge in [-0.3, -0.25) is 14.2 Å². The number of ether oxygens (including phenoxy) is 4. The first kappa shape index (κ1) is 31.7. The number of H-pyrrole nitrogens is 1. The summed E-state index contributed by atoms with van der Waals surface area (Å²) in [6.45, 7) is 8.47. The van der Waals surface area contributed by atoms with Gasteiger partial charge in [-0.05, 0) is 58.2 Å². The summed E-state index contributed by atoms with van der Waals surface area (Å²) in [7, 11) is 1.61. The summed E-state index contributed by atoms with van der Waals surface area (Å²) in [6.07, 6.45) is -0.129. The van der Waals surface area contributed by atoms with Crippen molar-refractivity contribution in [2.45, 2.75) is 70.3 Å². The summed E-state index contributed by atoms with van der Waals surface area (Å²) >= 11 is 0. The number of nitrogens with zero attached hydrogens (tertiary/aromatic N) is 2. The minimum Gasteiger partial charge on any atom is -0.492 e. The monoisotopic (exact) mass is 601 g/mol. The zero-order valence-electron chi connectivity index (χ0n) is 25.9. The van der Waals surface area contributed by atoms with Crippen LogP contribution in [0.3, 0.4) is 0 Å². The van der Waals surface area contributed by atoms with E-state index in [0.717, 1.165) is 23.2 Å². The highest BCUT2D eigenvalue weighted by Crippen LogP contribution is 2.47. The van der Waals surface area contributed by atoms with Gasteiger partial charge in [0, 0.05) is 47.8 Å².